The van der Waals surface area contributed by atoms with Crippen LogP contribution in [0.3, 0.4) is 0 Å². The Balaban J connectivity index is 2.06. The van der Waals surface area contributed by atoms with Crippen LogP contribution in [0.1, 0.15) is 31.2 Å². The van der Waals surface area contributed by atoms with Gasteiger partial charge in [0.15, 0.2) is 0 Å². The van der Waals surface area contributed by atoms with Crippen molar-refractivity contribution in [3.05, 3.63) is 35.9 Å². The van der Waals surface area contributed by atoms with E-state index in [0.29, 0.717) is 13.1 Å². The molecule has 0 saturated carbocycles. The van der Waals surface area contributed by atoms with Crippen LogP contribution in [-0.4, -0.2) is 31.6 Å². The molecule has 0 aromatic heterocycles. The summed E-state index contributed by atoms with van der Waals surface area (Å²) in [6, 6.07) is 11.9. The Bertz CT molecular complexity index is 578. The fraction of sp³-hybridized carbons (Fsp3) is 0.533. The van der Waals surface area contributed by atoms with Gasteiger partial charge in [0.2, 0.25) is 10.0 Å². The van der Waals surface area contributed by atoms with Gasteiger partial charge in [-0.1, -0.05) is 37.3 Å². The number of benzene rings is 1. The maximum atomic E-state index is 12.4. The number of sulfonamides is 1. The van der Waals surface area contributed by atoms with E-state index in [0.717, 1.165) is 18.4 Å². The molecule has 1 fully saturated rings. The first kappa shape index (κ1) is 15.0. The molecule has 1 heterocycles. The average molecular weight is 292 g/mol. The Morgan fingerprint density at radius 2 is 2.10 bits per heavy atom. The fourth-order valence-corrected chi connectivity index (χ4v) is 4.45. The molecule has 0 bridgehead atoms. The predicted octanol–water partition coefficient (Wildman–Crippen LogP) is 2.36. The molecule has 0 radical (unpaired) electrons. The topological polar surface area (TPSA) is 61.2 Å². The van der Waals surface area contributed by atoms with Gasteiger partial charge in [-0.25, -0.2) is 12.7 Å². The average Bonchev–Trinajstić information content (AvgIpc) is 2.48. The maximum absolute atomic E-state index is 12.4. The predicted molar refractivity (Wildman–Crippen MR) is 78.6 cm³/mol. The van der Waals surface area contributed by atoms with Crippen LogP contribution in [0.2, 0.25) is 0 Å². The van der Waals surface area contributed by atoms with Crippen molar-refractivity contribution in [2.45, 2.75) is 25.7 Å². The molecular formula is C15H20N2O2S. The molecule has 20 heavy (non-hydrogen) atoms. The minimum atomic E-state index is -3.29. The Morgan fingerprint density at radius 3 is 2.75 bits per heavy atom. The second kappa shape index (κ2) is 6.38. The van der Waals surface area contributed by atoms with Gasteiger partial charge in [-0.15, -0.1) is 0 Å². The molecule has 1 aliphatic rings. The second-order valence-electron chi connectivity index (χ2n) is 5.42. The smallest absolute Gasteiger partial charge is 0.212 e. The van der Waals surface area contributed by atoms with Gasteiger partial charge in [0.1, 0.15) is 0 Å². The highest BCUT2D eigenvalue weighted by molar-refractivity contribution is 7.89. The molecule has 5 heteroatoms. The Labute approximate surface area is 121 Å². The zero-order valence-corrected chi connectivity index (χ0v) is 12.5. The van der Waals surface area contributed by atoms with Gasteiger partial charge >= 0.3 is 0 Å². The van der Waals surface area contributed by atoms with E-state index in [9.17, 15) is 8.42 Å². The monoisotopic (exact) mass is 292 g/mol. The maximum Gasteiger partial charge on any atom is 0.214 e. The lowest BCUT2D eigenvalue weighted by atomic mass is 10.0. The highest BCUT2D eigenvalue weighted by Gasteiger charge is 2.30. The number of nitriles is 1. The molecule has 2 rings (SSSR count). The molecule has 0 aliphatic carbocycles. The molecular weight excluding hydrogens is 272 g/mol. The van der Waals surface area contributed by atoms with Crippen LogP contribution < -0.4 is 0 Å². The first-order valence-electron chi connectivity index (χ1n) is 6.95. The number of piperidine rings is 1. The van der Waals surface area contributed by atoms with Crippen LogP contribution in [0.15, 0.2) is 30.3 Å². The summed E-state index contributed by atoms with van der Waals surface area (Å²) >= 11 is 0. The first-order chi connectivity index (χ1) is 9.53. The fourth-order valence-electron chi connectivity index (χ4n) is 2.60. The number of hydrogen-bond acceptors (Lipinski definition) is 3. The highest BCUT2D eigenvalue weighted by Crippen LogP contribution is 2.23. The van der Waals surface area contributed by atoms with Crippen molar-refractivity contribution in [3.8, 4) is 6.07 Å². The summed E-state index contributed by atoms with van der Waals surface area (Å²) in [4.78, 5) is 0. The lowest BCUT2D eigenvalue weighted by Gasteiger charge is -2.29. The molecule has 4 nitrogen and oxygen atoms in total. The Morgan fingerprint density at radius 1 is 1.40 bits per heavy atom. The van der Waals surface area contributed by atoms with E-state index in [1.54, 1.807) is 0 Å². The van der Waals surface area contributed by atoms with Crippen molar-refractivity contribution in [1.82, 2.24) is 4.31 Å². The largest absolute Gasteiger partial charge is 0.214 e. The van der Waals surface area contributed by atoms with E-state index in [-0.39, 0.29) is 17.6 Å². The number of rotatable bonds is 4. The summed E-state index contributed by atoms with van der Waals surface area (Å²) in [5.74, 6) is -0.0935. The Hall–Kier alpha value is -1.38. The van der Waals surface area contributed by atoms with Crippen LogP contribution in [0.25, 0.3) is 0 Å². The molecule has 2 atom stereocenters. The van der Waals surface area contributed by atoms with Crippen LogP contribution in [0.4, 0.5) is 0 Å². The normalized spacial score (nSPS) is 22.1. The minimum absolute atomic E-state index is 0.0383. The summed E-state index contributed by atoms with van der Waals surface area (Å²) in [6.07, 6.45) is 1.58. The van der Waals surface area contributed by atoms with Crippen LogP contribution in [0.5, 0.6) is 0 Å². The van der Waals surface area contributed by atoms with Gasteiger partial charge in [-0.3, -0.25) is 0 Å². The van der Waals surface area contributed by atoms with Crippen LogP contribution in [-0.2, 0) is 10.0 Å². The van der Waals surface area contributed by atoms with E-state index in [4.69, 9.17) is 5.26 Å². The lowest BCUT2D eigenvalue weighted by molar-refractivity contribution is 0.304. The molecule has 1 aromatic carbocycles. The third-order valence-electron chi connectivity index (χ3n) is 3.79. The third-order valence-corrected chi connectivity index (χ3v) is 5.83. The number of hydrogen-bond donors (Lipinski definition) is 0. The van der Waals surface area contributed by atoms with Crippen molar-refractivity contribution in [2.75, 3.05) is 18.8 Å². The van der Waals surface area contributed by atoms with E-state index in [1.165, 1.54) is 4.31 Å². The van der Waals surface area contributed by atoms with Gasteiger partial charge in [0.25, 0.3) is 0 Å². The van der Waals surface area contributed by atoms with Crippen molar-refractivity contribution < 1.29 is 8.42 Å². The molecule has 1 saturated heterocycles. The first-order valence-corrected chi connectivity index (χ1v) is 8.56. The number of nitrogens with zero attached hydrogens (tertiary/aromatic N) is 2. The third kappa shape index (κ3) is 3.59. The molecule has 1 aliphatic heterocycles. The van der Waals surface area contributed by atoms with Crippen LogP contribution >= 0.6 is 0 Å². The molecule has 1 aromatic rings. The van der Waals surface area contributed by atoms with Crippen molar-refractivity contribution in [3.63, 3.8) is 0 Å². The summed E-state index contributed by atoms with van der Waals surface area (Å²) in [7, 11) is -3.29. The van der Waals surface area contributed by atoms with E-state index >= 15 is 0 Å². The van der Waals surface area contributed by atoms with Gasteiger partial charge in [-0.05, 0) is 24.3 Å². The molecule has 0 N–H and O–H groups in total. The summed E-state index contributed by atoms with van der Waals surface area (Å²) in [5.41, 5.74) is 1.03. The van der Waals surface area contributed by atoms with Gasteiger partial charge < -0.3 is 0 Å². The van der Waals surface area contributed by atoms with Crippen molar-refractivity contribution in [2.24, 2.45) is 5.92 Å². The molecule has 108 valence electrons. The van der Waals surface area contributed by atoms with Gasteiger partial charge in [0.05, 0.1) is 17.7 Å². The second-order valence-corrected chi connectivity index (χ2v) is 7.43. The molecule has 0 spiro atoms. The van der Waals surface area contributed by atoms with E-state index in [2.05, 4.69) is 6.07 Å². The van der Waals surface area contributed by atoms with Crippen LogP contribution in [0, 0.1) is 17.2 Å². The highest BCUT2D eigenvalue weighted by atomic mass is 32.2. The molecule has 2 unspecified atom stereocenters. The van der Waals surface area contributed by atoms with Gasteiger partial charge in [0, 0.05) is 13.1 Å². The summed E-state index contributed by atoms with van der Waals surface area (Å²) < 4.78 is 26.4. The molecule has 0 amide bonds. The van der Waals surface area contributed by atoms with Crippen molar-refractivity contribution >= 4 is 10.0 Å². The standard InChI is InChI=1S/C15H20N2O2S/c1-13(15-7-3-2-4-8-15)12-20(18,19)17-9-5-6-14(10-16)11-17/h2-4,7-8,13-14H,5-6,9,11-12H2,1H3. The van der Waals surface area contributed by atoms with E-state index < -0.39 is 10.0 Å². The Kier molecular flexibility index (Phi) is 4.79. The summed E-state index contributed by atoms with van der Waals surface area (Å²) in [6.45, 7) is 2.82. The van der Waals surface area contributed by atoms with E-state index in [1.807, 2.05) is 37.3 Å². The van der Waals surface area contributed by atoms with Gasteiger partial charge in [-0.2, -0.15) is 5.26 Å². The minimum Gasteiger partial charge on any atom is -0.212 e. The SMILES string of the molecule is CC(CS(=O)(=O)N1CCCC(C#N)C1)c1ccccc1. The van der Waals surface area contributed by atoms with Crippen molar-refractivity contribution in [1.29, 1.82) is 5.26 Å². The lowest BCUT2D eigenvalue weighted by Crippen LogP contribution is -2.41. The zero-order valence-electron chi connectivity index (χ0n) is 11.7. The quantitative estimate of drug-likeness (QED) is 0.856. The zero-order chi connectivity index (χ0) is 14.6. The summed E-state index contributed by atoms with van der Waals surface area (Å²) in [5, 5.41) is 8.96.